The number of Topliss-reactive ketones (excluding diaryl/α,β-unsaturated/α-hetero) is 2. The van der Waals surface area contributed by atoms with Crippen molar-refractivity contribution in [2.75, 3.05) is 0 Å². The van der Waals surface area contributed by atoms with Gasteiger partial charge in [0.15, 0.2) is 0 Å². The summed E-state index contributed by atoms with van der Waals surface area (Å²) in [5, 5.41) is 2.68. The average Bonchev–Trinajstić information content (AvgIpc) is 2.37. The third kappa shape index (κ3) is 3.63. The van der Waals surface area contributed by atoms with E-state index in [0.717, 1.165) is 5.56 Å². The Morgan fingerprint density at radius 2 is 1.50 bits per heavy atom. The number of nitrogens with one attached hydrogen (secondary N) is 1. The van der Waals surface area contributed by atoms with Gasteiger partial charge in [-0.3, -0.25) is 14.4 Å². The van der Waals surface area contributed by atoms with Crippen molar-refractivity contribution in [2.24, 2.45) is 5.41 Å². The fourth-order valence-corrected chi connectivity index (χ4v) is 1.74. The Bertz CT molecular complexity index is 544. The van der Waals surface area contributed by atoms with E-state index in [0.29, 0.717) is 5.70 Å². The topological polar surface area (TPSA) is 63.2 Å². The maximum atomic E-state index is 11.8. The molecule has 1 N–H and O–H groups in total. The molecule has 1 aromatic rings. The number of amides is 1. The molecule has 1 rings (SSSR count). The van der Waals surface area contributed by atoms with Gasteiger partial charge >= 0.3 is 0 Å². The van der Waals surface area contributed by atoms with E-state index in [4.69, 9.17) is 0 Å². The molecule has 0 radical (unpaired) electrons. The molecule has 0 saturated heterocycles. The number of hydrogen-bond donors (Lipinski definition) is 1. The fourth-order valence-electron chi connectivity index (χ4n) is 1.74. The molecule has 0 fully saturated rings. The standard InChI is InChI=1S/C16H19NO3/c1-11(18)16(4,12(2)19)10-15(17-13(3)20)14-8-6-5-7-9-14/h5-10H,1-4H3,(H,17,20)/b15-10-. The molecule has 4 nitrogen and oxygen atoms in total. The van der Waals surface area contributed by atoms with Gasteiger partial charge in [0, 0.05) is 12.6 Å². The van der Waals surface area contributed by atoms with Crippen LogP contribution < -0.4 is 5.32 Å². The van der Waals surface area contributed by atoms with Gasteiger partial charge in [-0.2, -0.15) is 0 Å². The number of rotatable bonds is 5. The van der Waals surface area contributed by atoms with Crippen LogP contribution in [-0.4, -0.2) is 17.5 Å². The predicted octanol–water partition coefficient (Wildman–Crippen LogP) is 2.35. The van der Waals surface area contributed by atoms with E-state index in [2.05, 4.69) is 5.32 Å². The average molecular weight is 273 g/mol. The highest BCUT2D eigenvalue weighted by molar-refractivity contribution is 6.08. The van der Waals surface area contributed by atoms with E-state index in [1.807, 2.05) is 30.3 Å². The second-order valence-corrected chi connectivity index (χ2v) is 4.92. The number of allylic oxidation sites excluding steroid dienone is 1. The Labute approximate surface area is 118 Å². The lowest BCUT2D eigenvalue weighted by atomic mass is 9.81. The van der Waals surface area contributed by atoms with E-state index >= 15 is 0 Å². The molecule has 0 bridgehead atoms. The summed E-state index contributed by atoms with van der Waals surface area (Å²) in [5.41, 5.74) is -0.0319. The summed E-state index contributed by atoms with van der Waals surface area (Å²) in [6.07, 6.45) is 1.52. The van der Waals surface area contributed by atoms with Gasteiger partial charge in [0.1, 0.15) is 17.0 Å². The van der Waals surface area contributed by atoms with Crippen LogP contribution in [0.25, 0.3) is 5.70 Å². The molecule has 0 aromatic heterocycles. The predicted molar refractivity (Wildman–Crippen MR) is 77.7 cm³/mol. The van der Waals surface area contributed by atoms with Gasteiger partial charge in [-0.1, -0.05) is 30.3 Å². The molecule has 0 heterocycles. The Morgan fingerprint density at radius 1 is 1.00 bits per heavy atom. The summed E-state index contributed by atoms with van der Waals surface area (Å²) in [5.74, 6) is -0.776. The first-order chi connectivity index (χ1) is 9.27. The normalized spacial score (nSPS) is 11.9. The number of benzene rings is 1. The monoisotopic (exact) mass is 273 g/mol. The molecular formula is C16H19NO3. The lowest BCUT2D eigenvalue weighted by Gasteiger charge is -2.21. The molecule has 0 atom stereocenters. The zero-order valence-electron chi connectivity index (χ0n) is 12.2. The molecule has 1 amide bonds. The summed E-state index contributed by atoms with van der Waals surface area (Å²) in [7, 11) is 0. The first kappa shape index (κ1) is 15.8. The van der Waals surface area contributed by atoms with E-state index in [1.165, 1.54) is 26.8 Å². The third-order valence-electron chi connectivity index (χ3n) is 3.29. The Kier molecular flexibility index (Phi) is 4.97. The van der Waals surface area contributed by atoms with Gasteiger partial charge in [-0.05, 0) is 32.4 Å². The molecule has 0 aliphatic rings. The summed E-state index contributed by atoms with van der Waals surface area (Å²) in [6.45, 7) is 5.68. The Hall–Kier alpha value is -2.23. The van der Waals surface area contributed by atoms with Crippen molar-refractivity contribution in [2.45, 2.75) is 27.7 Å². The van der Waals surface area contributed by atoms with Crippen molar-refractivity contribution in [3.05, 3.63) is 42.0 Å². The first-order valence-electron chi connectivity index (χ1n) is 6.35. The second kappa shape index (κ2) is 6.28. The molecule has 0 saturated carbocycles. The minimum atomic E-state index is -1.24. The van der Waals surface area contributed by atoms with Gasteiger partial charge in [-0.25, -0.2) is 0 Å². The van der Waals surface area contributed by atoms with Crippen LogP contribution in [0.15, 0.2) is 36.4 Å². The van der Waals surface area contributed by atoms with Crippen molar-refractivity contribution in [3.8, 4) is 0 Å². The van der Waals surface area contributed by atoms with E-state index < -0.39 is 5.41 Å². The first-order valence-corrected chi connectivity index (χ1v) is 6.35. The van der Waals surface area contributed by atoms with Crippen molar-refractivity contribution < 1.29 is 14.4 Å². The highest BCUT2D eigenvalue weighted by Crippen LogP contribution is 2.26. The molecule has 1 aromatic carbocycles. The van der Waals surface area contributed by atoms with Crippen LogP contribution in [0.3, 0.4) is 0 Å². The van der Waals surface area contributed by atoms with Crippen LogP contribution in [-0.2, 0) is 14.4 Å². The molecular weight excluding hydrogens is 254 g/mol. The molecule has 0 aliphatic heterocycles. The Morgan fingerprint density at radius 3 is 1.90 bits per heavy atom. The van der Waals surface area contributed by atoms with Crippen molar-refractivity contribution in [3.63, 3.8) is 0 Å². The zero-order chi connectivity index (χ0) is 15.3. The van der Waals surface area contributed by atoms with Gasteiger partial charge in [0.2, 0.25) is 5.91 Å². The number of ketones is 2. The summed E-state index contributed by atoms with van der Waals surface area (Å²) < 4.78 is 0. The van der Waals surface area contributed by atoms with Crippen molar-refractivity contribution in [1.82, 2.24) is 5.32 Å². The number of hydrogen-bond acceptors (Lipinski definition) is 3. The molecule has 4 heteroatoms. The maximum absolute atomic E-state index is 11.8. The highest BCUT2D eigenvalue weighted by Gasteiger charge is 2.33. The van der Waals surface area contributed by atoms with Gasteiger partial charge in [0.05, 0.1) is 0 Å². The minimum absolute atomic E-state index is 0.255. The Balaban J connectivity index is 3.36. The molecule has 20 heavy (non-hydrogen) atoms. The van der Waals surface area contributed by atoms with E-state index in [1.54, 1.807) is 6.92 Å². The molecule has 0 aliphatic carbocycles. The van der Waals surface area contributed by atoms with Crippen LogP contribution in [0.4, 0.5) is 0 Å². The summed E-state index contributed by atoms with van der Waals surface area (Å²) in [4.78, 5) is 34.9. The lowest BCUT2D eigenvalue weighted by Crippen LogP contribution is -2.33. The summed E-state index contributed by atoms with van der Waals surface area (Å²) in [6, 6.07) is 9.11. The molecule has 0 spiro atoms. The van der Waals surface area contributed by atoms with Crippen LogP contribution in [0, 0.1) is 5.41 Å². The third-order valence-corrected chi connectivity index (χ3v) is 3.29. The maximum Gasteiger partial charge on any atom is 0.221 e. The van der Waals surface area contributed by atoms with Crippen molar-refractivity contribution in [1.29, 1.82) is 0 Å². The SMILES string of the molecule is CC(=O)N/C(=C\C(C)(C(C)=O)C(C)=O)c1ccccc1. The van der Waals surface area contributed by atoms with Crippen LogP contribution >= 0.6 is 0 Å². The van der Waals surface area contributed by atoms with E-state index in [9.17, 15) is 14.4 Å². The smallest absolute Gasteiger partial charge is 0.221 e. The number of carbonyl (C=O) groups is 3. The summed E-state index contributed by atoms with van der Waals surface area (Å²) >= 11 is 0. The minimum Gasteiger partial charge on any atom is -0.326 e. The van der Waals surface area contributed by atoms with Crippen molar-refractivity contribution >= 4 is 23.2 Å². The quantitative estimate of drug-likeness (QED) is 0.838. The number of carbonyl (C=O) groups excluding carboxylic acids is 3. The van der Waals surface area contributed by atoms with Gasteiger partial charge in [0.25, 0.3) is 0 Å². The largest absolute Gasteiger partial charge is 0.326 e. The fraction of sp³-hybridized carbons (Fsp3) is 0.312. The van der Waals surface area contributed by atoms with E-state index in [-0.39, 0.29) is 17.5 Å². The second-order valence-electron chi connectivity index (χ2n) is 4.92. The van der Waals surface area contributed by atoms with Crippen LogP contribution in [0.2, 0.25) is 0 Å². The zero-order valence-corrected chi connectivity index (χ0v) is 12.2. The lowest BCUT2D eigenvalue weighted by molar-refractivity contribution is -0.134. The van der Waals surface area contributed by atoms with Gasteiger partial charge in [-0.15, -0.1) is 0 Å². The van der Waals surface area contributed by atoms with Gasteiger partial charge < -0.3 is 5.32 Å². The molecule has 0 unspecified atom stereocenters. The van der Waals surface area contributed by atoms with Crippen LogP contribution in [0.5, 0.6) is 0 Å². The highest BCUT2D eigenvalue weighted by atomic mass is 16.2. The van der Waals surface area contributed by atoms with Crippen LogP contribution in [0.1, 0.15) is 33.3 Å². The molecule has 106 valence electrons.